The predicted molar refractivity (Wildman–Crippen MR) is 95.7 cm³/mol. The van der Waals surface area contributed by atoms with Gasteiger partial charge in [0.05, 0.1) is 6.10 Å². The molecule has 0 bridgehead atoms. The second-order valence-corrected chi connectivity index (χ2v) is 9.34. The summed E-state index contributed by atoms with van der Waals surface area (Å²) in [6.07, 6.45) is 0.509. The van der Waals surface area contributed by atoms with Gasteiger partial charge >= 0.3 is 0 Å². The lowest BCUT2D eigenvalue weighted by molar-refractivity contribution is -0.221. The largest absolute Gasteiger partial charge is 0.390 e. The first kappa shape index (κ1) is 19.9. The van der Waals surface area contributed by atoms with Gasteiger partial charge in [-0.05, 0) is 56.3 Å². The van der Waals surface area contributed by atoms with E-state index in [0.29, 0.717) is 6.42 Å². The molecule has 4 aliphatic rings. The summed E-state index contributed by atoms with van der Waals surface area (Å²) in [5, 5.41) is 31.4. The zero-order chi connectivity index (χ0) is 20.7. The van der Waals surface area contributed by atoms with Crippen LogP contribution in [-0.4, -0.2) is 57.0 Å². The summed E-state index contributed by atoms with van der Waals surface area (Å²) >= 11 is 0. The third-order valence-electron chi connectivity index (χ3n) is 8.39. The van der Waals surface area contributed by atoms with Crippen molar-refractivity contribution in [2.75, 3.05) is 6.61 Å². The van der Waals surface area contributed by atoms with Crippen LogP contribution in [0.2, 0.25) is 0 Å². The Morgan fingerprint density at radius 1 is 1.32 bits per heavy atom. The van der Waals surface area contributed by atoms with E-state index in [0.717, 1.165) is 6.08 Å². The number of rotatable bonds is 2. The van der Waals surface area contributed by atoms with E-state index in [1.807, 2.05) is 0 Å². The summed E-state index contributed by atoms with van der Waals surface area (Å²) in [5.74, 6) is -2.63. The zero-order valence-electron chi connectivity index (χ0n) is 16.0. The van der Waals surface area contributed by atoms with Crippen molar-refractivity contribution < 1.29 is 33.7 Å². The highest BCUT2D eigenvalue weighted by Gasteiger charge is 2.75. The highest BCUT2D eigenvalue weighted by molar-refractivity contribution is 6.01. The SMILES string of the molecule is C[C@]12C=CC(=O)C=C1[C@@H](F)C[C@H]1[C@@H]3CC[C@](O)(C(=O)CO)[C@@]3(C)C[C@H](O)C12F. The number of allylic oxidation sites excluding steroid dienone is 4. The number of ketones is 2. The number of hydrogen-bond donors (Lipinski definition) is 3. The highest BCUT2D eigenvalue weighted by atomic mass is 19.1. The van der Waals surface area contributed by atoms with Gasteiger partial charge in [-0.25, -0.2) is 8.78 Å². The number of carbonyl (C=O) groups is 2. The molecular weight excluding hydrogens is 370 g/mol. The maximum atomic E-state index is 16.7. The van der Waals surface area contributed by atoms with Gasteiger partial charge in [-0.15, -0.1) is 0 Å². The molecule has 3 N–H and O–H groups in total. The Morgan fingerprint density at radius 2 is 2.00 bits per heavy atom. The first-order valence-corrected chi connectivity index (χ1v) is 9.78. The summed E-state index contributed by atoms with van der Waals surface area (Å²) in [6.45, 7) is 2.29. The normalized spacial score (nSPS) is 52.5. The van der Waals surface area contributed by atoms with Crippen LogP contribution in [0.1, 0.15) is 39.5 Å². The van der Waals surface area contributed by atoms with Crippen molar-refractivity contribution in [3.8, 4) is 0 Å². The van der Waals surface area contributed by atoms with E-state index in [2.05, 4.69) is 0 Å². The lowest BCUT2D eigenvalue weighted by Gasteiger charge is -2.63. The molecule has 0 spiro atoms. The number of Topliss-reactive ketones (excluding diaryl/α,β-unsaturated/α-hetero) is 1. The zero-order valence-corrected chi connectivity index (χ0v) is 16.0. The van der Waals surface area contributed by atoms with Crippen LogP contribution in [-0.2, 0) is 9.59 Å². The molecule has 8 atom stereocenters. The van der Waals surface area contributed by atoms with Crippen molar-refractivity contribution in [2.45, 2.75) is 63.1 Å². The van der Waals surface area contributed by atoms with Crippen molar-refractivity contribution in [3.05, 3.63) is 23.8 Å². The quantitative estimate of drug-likeness (QED) is 0.659. The number of aliphatic hydroxyl groups excluding tert-OH is 2. The van der Waals surface area contributed by atoms with Crippen LogP contribution < -0.4 is 0 Å². The van der Waals surface area contributed by atoms with Crippen molar-refractivity contribution in [1.82, 2.24) is 0 Å². The molecule has 0 aromatic heterocycles. The van der Waals surface area contributed by atoms with Gasteiger partial charge < -0.3 is 15.3 Å². The summed E-state index contributed by atoms with van der Waals surface area (Å²) in [4.78, 5) is 24.1. The maximum Gasteiger partial charge on any atom is 0.190 e. The molecule has 154 valence electrons. The van der Waals surface area contributed by atoms with E-state index in [1.165, 1.54) is 19.1 Å². The minimum absolute atomic E-state index is 0.0392. The molecule has 1 unspecified atom stereocenters. The molecule has 0 aromatic carbocycles. The molecule has 0 saturated heterocycles. The van der Waals surface area contributed by atoms with Gasteiger partial charge in [0.2, 0.25) is 0 Å². The Kier molecular flexibility index (Phi) is 4.11. The van der Waals surface area contributed by atoms with Gasteiger partial charge in [-0.2, -0.15) is 0 Å². The number of alkyl halides is 2. The third kappa shape index (κ3) is 2.05. The lowest BCUT2D eigenvalue weighted by Crippen LogP contribution is -2.70. The fourth-order valence-electron chi connectivity index (χ4n) is 6.80. The molecular formula is C21H26F2O5. The molecule has 0 radical (unpaired) electrons. The Morgan fingerprint density at radius 3 is 2.64 bits per heavy atom. The number of aliphatic hydroxyl groups is 3. The average molecular weight is 396 g/mol. The first-order valence-electron chi connectivity index (χ1n) is 9.78. The van der Waals surface area contributed by atoms with Gasteiger partial charge in [-0.1, -0.05) is 13.0 Å². The van der Waals surface area contributed by atoms with E-state index in [9.17, 15) is 24.9 Å². The van der Waals surface area contributed by atoms with Crippen molar-refractivity contribution >= 4 is 11.6 Å². The molecule has 28 heavy (non-hydrogen) atoms. The predicted octanol–water partition coefficient (Wildman–Crippen LogP) is 1.60. The van der Waals surface area contributed by atoms with Gasteiger partial charge in [0, 0.05) is 16.7 Å². The summed E-state index contributed by atoms with van der Waals surface area (Å²) in [6, 6.07) is 0. The van der Waals surface area contributed by atoms with Gasteiger partial charge in [-0.3, -0.25) is 9.59 Å². The number of halogens is 2. The second-order valence-electron chi connectivity index (χ2n) is 9.34. The molecule has 3 saturated carbocycles. The van der Waals surface area contributed by atoms with Crippen LogP contribution in [0.25, 0.3) is 0 Å². The fraction of sp³-hybridized carbons (Fsp3) is 0.714. The number of carbonyl (C=O) groups excluding carboxylic acids is 2. The maximum absolute atomic E-state index is 16.7. The van der Waals surface area contributed by atoms with E-state index in [-0.39, 0.29) is 24.8 Å². The topological polar surface area (TPSA) is 94.8 Å². The monoisotopic (exact) mass is 396 g/mol. The highest BCUT2D eigenvalue weighted by Crippen LogP contribution is 2.69. The Bertz CT molecular complexity index is 809. The summed E-state index contributed by atoms with van der Waals surface area (Å²) in [5.41, 5.74) is -6.71. The first-order chi connectivity index (χ1) is 13.0. The Balaban J connectivity index is 1.84. The Hall–Kier alpha value is -1.44. The van der Waals surface area contributed by atoms with Crippen molar-refractivity contribution in [2.24, 2.45) is 22.7 Å². The molecule has 0 aliphatic heterocycles. The molecule has 4 aliphatic carbocycles. The summed E-state index contributed by atoms with van der Waals surface area (Å²) < 4.78 is 31.9. The van der Waals surface area contributed by atoms with Gasteiger partial charge in [0.15, 0.2) is 17.2 Å². The molecule has 0 amide bonds. The second kappa shape index (κ2) is 5.80. The molecule has 4 rings (SSSR count). The minimum Gasteiger partial charge on any atom is -0.390 e. The van der Waals surface area contributed by atoms with E-state index < -0.39 is 64.4 Å². The Labute approximate surface area is 162 Å². The van der Waals surface area contributed by atoms with E-state index in [4.69, 9.17) is 0 Å². The van der Waals surface area contributed by atoms with Crippen LogP contribution >= 0.6 is 0 Å². The standard InChI is InChI=1S/C21H26F2O5/c1-18-5-3-11(25)7-14(18)15(22)8-13-12-4-6-20(28,17(27)10-24)19(12,2)9-16(26)21(13,18)23/h3,5,7,12-13,15-16,24,26,28H,4,6,8-10H2,1-2H3/t12-,13-,15-,16-,18-,19-,20-,21?/m0/s1. The fourth-order valence-corrected chi connectivity index (χ4v) is 6.80. The minimum atomic E-state index is -2.23. The molecule has 7 heteroatoms. The van der Waals surface area contributed by atoms with Crippen LogP contribution in [0.3, 0.4) is 0 Å². The third-order valence-corrected chi connectivity index (χ3v) is 8.39. The van der Waals surface area contributed by atoms with Gasteiger partial charge in [0.25, 0.3) is 0 Å². The van der Waals surface area contributed by atoms with Crippen molar-refractivity contribution in [3.63, 3.8) is 0 Å². The number of hydrogen-bond acceptors (Lipinski definition) is 5. The van der Waals surface area contributed by atoms with E-state index in [1.54, 1.807) is 6.92 Å². The average Bonchev–Trinajstić information content (AvgIpc) is 2.91. The summed E-state index contributed by atoms with van der Waals surface area (Å²) in [7, 11) is 0. The van der Waals surface area contributed by atoms with Gasteiger partial charge in [0.1, 0.15) is 18.4 Å². The van der Waals surface area contributed by atoms with Crippen LogP contribution in [0.15, 0.2) is 23.8 Å². The number of fused-ring (bicyclic) bond motifs is 5. The van der Waals surface area contributed by atoms with Crippen LogP contribution in [0.5, 0.6) is 0 Å². The molecule has 0 aromatic rings. The molecule has 5 nitrogen and oxygen atoms in total. The van der Waals surface area contributed by atoms with Crippen LogP contribution in [0, 0.1) is 22.7 Å². The van der Waals surface area contributed by atoms with Crippen LogP contribution in [0.4, 0.5) is 8.78 Å². The molecule has 3 fully saturated rings. The van der Waals surface area contributed by atoms with Crippen molar-refractivity contribution in [1.29, 1.82) is 0 Å². The smallest absolute Gasteiger partial charge is 0.190 e. The van der Waals surface area contributed by atoms with E-state index >= 15 is 8.78 Å². The molecule has 0 heterocycles. The lowest BCUT2D eigenvalue weighted by atomic mass is 9.44.